The number of ether oxygens (including phenoxy) is 2. The van der Waals surface area contributed by atoms with Gasteiger partial charge in [0.15, 0.2) is 11.5 Å². The van der Waals surface area contributed by atoms with Crippen molar-refractivity contribution in [1.82, 2.24) is 14.9 Å². The van der Waals surface area contributed by atoms with Crippen molar-refractivity contribution in [3.05, 3.63) is 42.5 Å². The molecular formula is C19H25N3O3. The predicted molar refractivity (Wildman–Crippen MR) is 94.6 cm³/mol. The molecular weight excluding hydrogens is 318 g/mol. The first-order chi connectivity index (χ1) is 12.1. The van der Waals surface area contributed by atoms with Crippen molar-refractivity contribution in [3.8, 4) is 11.5 Å². The Balaban J connectivity index is 1.59. The zero-order valence-electron chi connectivity index (χ0n) is 14.8. The Hall–Kier alpha value is -2.50. The van der Waals surface area contributed by atoms with Gasteiger partial charge < -0.3 is 19.4 Å². The molecule has 1 N–H and O–H groups in total. The number of nitrogens with zero attached hydrogens (tertiary/aromatic N) is 2. The Morgan fingerprint density at radius 1 is 1.28 bits per heavy atom. The van der Waals surface area contributed by atoms with Crippen LogP contribution in [0.15, 0.2) is 36.9 Å². The number of aromatic nitrogens is 2. The first-order valence-corrected chi connectivity index (χ1v) is 8.78. The van der Waals surface area contributed by atoms with Gasteiger partial charge in [0.25, 0.3) is 0 Å². The fourth-order valence-corrected chi connectivity index (χ4v) is 2.98. The molecule has 2 aromatic rings. The van der Waals surface area contributed by atoms with E-state index in [4.69, 9.17) is 9.47 Å². The Morgan fingerprint density at radius 3 is 2.80 bits per heavy atom. The van der Waals surface area contributed by atoms with Crippen molar-refractivity contribution in [2.24, 2.45) is 5.92 Å². The minimum Gasteiger partial charge on any atom is -0.486 e. The van der Waals surface area contributed by atoms with Crippen molar-refractivity contribution < 1.29 is 14.3 Å². The minimum atomic E-state index is -0.0448. The Kier molecular flexibility index (Phi) is 5.58. The molecule has 0 fully saturated rings. The number of carbonyl (C=O) groups is 1. The summed E-state index contributed by atoms with van der Waals surface area (Å²) in [4.78, 5) is 16.4. The molecule has 1 atom stereocenters. The van der Waals surface area contributed by atoms with Crippen LogP contribution < -0.4 is 14.8 Å². The number of hydrogen-bond acceptors (Lipinski definition) is 4. The maximum atomic E-state index is 12.4. The number of benzene rings is 1. The van der Waals surface area contributed by atoms with Crippen LogP contribution in [0.25, 0.3) is 0 Å². The van der Waals surface area contributed by atoms with Crippen molar-refractivity contribution in [2.75, 3.05) is 13.2 Å². The Bertz CT molecular complexity index is 698. The van der Waals surface area contributed by atoms with E-state index in [1.807, 2.05) is 29.0 Å². The molecule has 0 saturated carbocycles. The van der Waals surface area contributed by atoms with Crippen LogP contribution in [0, 0.1) is 5.92 Å². The lowest BCUT2D eigenvalue weighted by molar-refractivity contribution is -0.122. The summed E-state index contributed by atoms with van der Waals surface area (Å²) in [5, 5.41) is 3.16. The molecule has 2 heterocycles. The second-order valence-electron chi connectivity index (χ2n) is 6.60. The maximum Gasteiger partial charge on any atom is 0.220 e. The molecule has 1 aliphatic heterocycles. The zero-order valence-corrected chi connectivity index (χ0v) is 14.8. The van der Waals surface area contributed by atoms with Crippen molar-refractivity contribution >= 4 is 5.91 Å². The lowest BCUT2D eigenvalue weighted by Gasteiger charge is -2.25. The molecule has 0 spiro atoms. The van der Waals surface area contributed by atoms with Crippen LogP contribution in [-0.4, -0.2) is 28.7 Å². The standard InChI is InChI=1S/C19H25N3O3/c1-14(2)19(15-5-6-16-17(12-15)25-11-10-24-16)21-18(23)4-3-8-22-9-7-20-13-22/h5-7,9,12-14,19H,3-4,8,10-11H2,1-2H3,(H,21,23). The number of hydrogen-bond donors (Lipinski definition) is 1. The van der Waals surface area contributed by atoms with Crippen LogP contribution in [-0.2, 0) is 11.3 Å². The minimum absolute atomic E-state index is 0.0448. The van der Waals surface area contributed by atoms with Gasteiger partial charge in [0.1, 0.15) is 13.2 Å². The molecule has 0 bridgehead atoms. The van der Waals surface area contributed by atoms with Gasteiger partial charge in [-0.25, -0.2) is 4.98 Å². The van der Waals surface area contributed by atoms with Crippen molar-refractivity contribution in [1.29, 1.82) is 0 Å². The van der Waals surface area contributed by atoms with Crippen LogP contribution in [0.4, 0.5) is 0 Å². The third-order valence-corrected chi connectivity index (χ3v) is 4.29. The number of fused-ring (bicyclic) bond motifs is 1. The highest BCUT2D eigenvalue weighted by molar-refractivity contribution is 5.76. The first-order valence-electron chi connectivity index (χ1n) is 8.78. The molecule has 25 heavy (non-hydrogen) atoms. The molecule has 1 aromatic carbocycles. The molecule has 1 aliphatic rings. The Labute approximate surface area is 148 Å². The van der Waals surface area contributed by atoms with Gasteiger partial charge in [-0.15, -0.1) is 0 Å². The molecule has 0 saturated heterocycles. The van der Waals surface area contributed by atoms with Crippen molar-refractivity contribution in [3.63, 3.8) is 0 Å². The fourth-order valence-electron chi connectivity index (χ4n) is 2.98. The average Bonchev–Trinajstić information content (AvgIpc) is 3.12. The SMILES string of the molecule is CC(C)C(NC(=O)CCCn1ccnc1)c1ccc2c(c1)OCCO2. The summed E-state index contributed by atoms with van der Waals surface area (Å²) in [6, 6.07) is 5.86. The maximum absolute atomic E-state index is 12.4. The average molecular weight is 343 g/mol. The van der Waals surface area contributed by atoms with Gasteiger partial charge in [0, 0.05) is 25.4 Å². The molecule has 6 heteroatoms. The van der Waals surface area contributed by atoms with Gasteiger partial charge in [0.05, 0.1) is 12.4 Å². The highest BCUT2D eigenvalue weighted by Crippen LogP contribution is 2.34. The molecule has 3 rings (SSSR count). The molecule has 0 radical (unpaired) electrons. The van der Waals surface area contributed by atoms with Crippen LogP contribution in [0.3, 0.4) is 0 Å². The predicted octanol–water partition coefficient (Wildman–Crippen LogP) is 2.95. The third-order valence-electron chi connectivity index (χ3n) is 4.29. The number of imidazole rings is 1. The second kappa shape index (κ2) is 8.05. The third kappa shape index (κ3) is 4.53. The van der Waals surface area contributed by atoms with E-state index in [2.05, 4.69) is 24.1 Å². The smallest absolute Gasteiger partial charge is 0.220 e. The molecule has 6 nitrogen and oxygen atoms in total. The van der Waals surface area contributed by atoms with Gasteiger partial charge in [-0.1, -0.05) is 19.9 Å². The van der Waals surface area contributed by atoms with Crippen LogP contribution >= 0.6 is 0 Å². The van der Waals surface area contributed by atoms with Gasteiger partial charge >= 0.3 is 0 Å². The highest BCUT2D eigenvalue weighted by atomic mass is 16.6. The molecule has 0 aliphatic carbocycles. The quantitative estimate of drug-likeness (QED) is 0.839. The zero-order chi connectivity index (χ0) is 17.6. The lowest BCUT2D eigenvalue weighted by Crippen LogP contribution is -2.31. The summed E-state index contributed by atoms with van der Waals surface area (Å²) in [7, 11) is 0. The van der Waals surface area contributed by atoms with E-state index in [0.29, 0.717) is 19.6 Å². The summed E-state index contributed by atoms with van der Waals surface area (Å²) in [6.45, 7) is 6.14. The van der Waals surface area contributed by atoms with E-state index in [-0.39, 0.29) is 17.9 Å². The molecule has 1 aromatic heterocycles. The summed E-state index contributed by atoms with van der Waals surface area (Å²) in [6.07, 6.45) is 6.70. The van der Waals surface area contributed by atoms with Crippen LogP contribution in [0.1, 0.15) is 38.3 Å². The summed E-state index contributed by atoms with van der Waals surface area (Å²) >= 11 is 0. The van der Waals surface area contributed by atoms with E-state index < -0.39 is 0 Å². The topological polar surface area (TPSA) is 65.4 Å². The number of nitrogens with one attached hydrogen (secondary N) is 1. The molecule has 1 unspecified atom stereocenters. The van der Waals surface area contributed by atoms with Crippen LogP contribution in [0.2, 0.25) is 0 Å². The first kappa shape index (κ1) is 17.3. The van der Waals surface area contributed by atoms with Gasteiger partial charge in [-0.2, -0.15) is 0 Å². The lowest BCUT2D eigenvalue weighted by atomic mass is 9.95. The number of rotatable bonds is 7. The van der Waals surface area contributed by atoms with E-state index in [1.165, 1.54) is 0 Å². The van der Waals surface area contributed by atoms with Gasteiger partial charge in [0.2, 0.25) is 5.91 Å². The van der Waals surface area contributed by atoms with E-state index >= 15 is 0 Å². The number of carbonyl (C=O) groups excluding carboxylic acids is 1. The van der Waals surface area contributed by atoms with Crippen LogP contribution in [0.5, 0.6) is 11.5 Å². The monoisotopic (exact) mass is 343 g/mol. The summed E-state index contributed by atoms with van der Waals surface area (Å²) in [5.41, 5.74) is 1.04. The van der Waals surface area contributed by atoms with Gasteiger partial charge in [-0.3, -0.25) is 4.79 Å². The van der Waals surface area contributed by atoms with Gasteiger partial charge in [-0.05, 0) is 30.0 Å². The summed E-state index contributed by atoms with van der Waals surface area (Å²) < 4.78 is 13.2. The largest absolute Gasteiger partial charge is 0.486 e. The normalized spacial score (nSPS) is 14.4. The Morgan fingerprint density at radius 2 is 2.08 bits per heavy atom. The summed E-state index contributed by atoms with van der Waals surface area (Å²) in [5.74, 6) is 1.86. The molecule has 134 valence electrons. The molecule has 1 amide bonds. The highest BCUT2D eigenvalue weighted by Gasteiger charge is 2.21. The van der Waals surface area contributed by atoms with E-state index in [0.717, 1.165) is 30.0 Å². The van der Waals surface area contributed by atoms with E-state index in [9.17, 15) is 4.79 Å². The number of aryl methyl sites for hydroxylation is 1. The fraction of sp³-hybridized carbons (Fsp3) is 0.474. The van der Waals surface area contributed by atoms with E-state index in [1.54, 1.807) is 12.5 Å². The number of amides is 1. The second-order valence-corrected chi connectivity index (χ2v) is 6.60. The van der Waals surface area contributed by atoms with Crippen molar-refractivity contribution in [2.45, 2.75) is 39.3 Å².